The van der Waals surface area contributed by atoms with E-state index in [0.717, 1.165) is 43.7 Å². The van der Waals surface area contributed by atoms with E-state index in [1.54, 1.807) is 48.4 Å². The Bertz CT molecular complexity index is 2280. The Morgan fingerprint density at radius 1 is 0.607 bits per heavy atom. The third kappa shape index (κ3) is 12.5. The van der Waals surface area contributed by atoms with Crippen molar-refractivity contribution >= 4 is 50.6 Å². The summed E-state index contributed by atoms with van der Waals surface area (Å²) in [4.78, 5) is 7.85. The number of hydrogen-bond donors (Lipinski definition) is 2. The first-order valence-electron chi connectivity index (χ1n) is 14.9. The van der Waals surface area contributed by atoms with Crippen LogP contribution < -0.4 is 14.9 Å². The normalized spacial score (nSPS) is 9.52. The van der Waals surface area contributed by atoms with Gasteiger partial charge in [0.15, 0.2) is 0 Å². The Kier molecular flexibility index (Phi) is 21.2. The molecule has 4 aromatic heterocycles. The van der Waals surface area contributed by atoms with Crippen molar-refractivity contribution in [2.24, 2.45) is 0 Å². The van der Waals surface area contributed by atoms with E-state index in [1.807, 2.05) is 48.5 Å². The molecule has 0 bridgehead atoms. The van der Waals surface area contributed by atoms with Gasteiger partial charge in [-0.1, -0.05) is 68.8 Å². The predicted octanol–water partition coefficient (Wildman–Crippen LogP) is 7.35. The molecule has 0 spiro atoms. The van der Waals surface area contributed by atoms with Crippen LogP contribution in [0.5, 0.6) is 11.5 Å². The molecule has 4 aromatic carbocycles. The van der Waals surface area contributed by atoms with E-state index < -0.39 is 7.12 Å². The fourth-order valence-electron chi connectivity index (χ4n) is 4.80. The quantitative estimate of drug-likeness (QED) is 0.144. The lowest BCUT2D eigenvalue weighted by Crippen LogP contribution is -2.29. The minimum Gasteiger partial charge on any atom is -0.496 e. The molecule has 56 heavy (non-hydrogen) atoms. The van der Waals surface area contributed by atoms with E-state index in [-0.39, 0.29) is 44.6 Å². The number of rotatable bonds is 8. The Morgan fingerprint density at radius 2 is 1.11 bits per heavy atom. The minimum atomic E-state index is -1.48. The Labute approximate surface area is 336 Å². The van der Waals surface area contributed by atoms with Crippen molar-refractivity contribution in [2.45, 2.75) is 57.6 Å². The lowest BCUT2D eigenvalue weighted by molar-refractivity contribution is 0.315. The zero-order valence-corrected chi connectivity index (χ0v) is 28.2. The molecular weight excluding hydrogens is 783 g/mol. The van der Waals surface area contributed by atoms with Crippen LogP contribution in [0.25, 0.3) is 33.2 Å². The highest BCUT2D eigenvalue weighted by molar-refractivity contribution is 9.10. The smallest absolute Gasteiger partial charge is 0.488 e. The van der Waals surface area contributed by atoms with Gasteiger partial charge in [-0.3, -0.25) is 0 Å². The van der Waals surface area contributed by atoms with E-state index >= 15 is 0 Å². The first-order chi connectivity index (χ1) is 24.4. The molecule has 8 aromatic rings. The van der Waals surface area contributed by atoms with Crippen molar-refractivity contribution in [3.8, 4) is 22.6 Å². The van der Waals surface area contributed by atoms with Gasteiger partial charge in [0.2, 0.25) is 0 Å². The second-order valence-electron chi connectivity index (χ2n) is 10.5. The van der Waals surface area contributed by atoms with Crippen LogP contribution in [0.3, 0.4) is 0 Å². The summed E-state index contributed by atoms with van der Waals surface area (Å²) >= 11 is 3.44. The van der Waals surface area contributed by atoms with Crippen LogP contribution in [0.15, 0.2) is 112 Å². The molecule has 4 heterocycles. The zero-order valence-electron chi connectivity index (χ0n) is 26.6. The number of halogens is 1. The van der Waals surface area contributed by atoms with E-state index in [2.05, 4.69) is 67.4 Å². The standard InChI is InChI=1S/C16H13N5O2.C10H10BrN3O.C6H5BN2O3.6CH4/c1-22-16-5-2-11(8-21-10-17-9-18-21)6-13(16)12-3-4-14-15(7-12)20-23-19-14;1-15-10-3-2-8(4-9(10)11)5-14-7-12-6-13-14;10-7(11)4-1-2-5-6(3-4)9-12-8-5;;;;;;/h2-7,9-10H,8H2,1H3;2-4,6-7H,5H2,1H3;1-3,10-11H;6*1H4. The van der Waals surface area contributed by atoms with Crippen LogP contribution in [0, 0.1) is 0 Å². The molecule has 0 saturated carbocycles. The Morgan fingerprint density at radius 3 is 1.61 bits per heavy atom. The maximum Gasteiger partial charge on any atom is 0.488 e. The fourth-order valence-corrected chi connectivity index (χ4v) is 5.39. The Hall–Kier alpha value is -5.98. The topological polar surface area (TPSA) is 198 Å². The van der Waals surface area contributed by atoms with Crippen LogP contribution in [0.1, 0.15) is 55.7 Å². The molecule has 0 fully saturated rings. The van der Waals surface area contributed by atoms with Gasteiger partial charge in [0, 0.05) is 5.56 Å². The minimum absolute atomic E-state index is 0. The molecule has 300 valence electrons. The molecule has 0 amide bonds. The number of hydrogen-bond acceptors (Lipinski definition) is 14. The summed E-state index contributed by atoms with van der Waals surface area (Å²) in [7, 11) is 1.83. The molecule has 16 nitrogen and oxygen atoms in total. The summed E-state index contributed by atoms with van der Waals surface area (Å²) in [5.74, 6) is 1.63. The van der Waals surface area contributed by atoms with Crippen LogP contribution in [-0.4, -0.2) is 81.5 Å². The van der Waals surface area contributed by atoms with Gasteiger partial charge in [-0.05, 0) is 107 Å². The second-order valence-corrected chi connectivity index (χ2v) is 11.4. The molecule has 0 radical (unpaired) electrons. The molecule has 2 N–H and O–H groups in total. The van der Waals surface area contributed by atoms with Gasteiger partial charge in [-0.2, -0.15) is 10.2 Å². The zero-order chi connectivity index (χ0) is 34.9. The maximum atomic E-state index is 8.80. The summed E-state index contributed by atoms with van der Waals surface area (Å²) < 4.78 is 24.3. The van der Waals surface area contributed by atoms with Crippen molar-refractivity contribution in [1.82, 2.24) is 50.2 Å². The third-order valence-corrected chi connectivity index (χ3v) is 7.86. The summed E-state index contributed by atoms with van der Waals surface area (Å²) in [6.07, 6.45) is 6.43. The molecule has 8 rings (SSSR count). The highest BCUT2D eigenvalue weighted by Crippen LogP contribution is 2.32. The number of aromatic nitrogens is 10. The molecule has 0 aliphatic carbocycles. The summed E-state index contributed by atoms with van der Waals surface area (Å²) in [6, 6.07) is 22.5. The lowest BCUT2D eigenvalue weighted by atomic mass is 9.80. The van der Waals surface area contributed by atoms with Gasteiger partial charge in [-0.25, -0.2) is 28.6 Å². The number of methoxy groups -OCH3 is 2. The van der Waals surface area contributed by atoms with Gasteiger partial charge in [0.1, 0.15) is 58.9 Å². The van der Waals surface area contributed by atoms with Crippen LogP contribution in [-0.2, 0) is 13.1 Å². The van der Waals surface area contributed by atoms with Crippen LogP contribution in [0.4, 0.5) is 0 Å². The maximum absolute atomic E-state index is 8.80. The second kappa shape index (κ2) is 23.7. The molecule has 0 atom stereocenters. The van der Waals surface area contributed by atoms with Crippen LogP contribution >= 0.6 is 15.9 Å². The van der Waals surface area contributed by atoms with Gasteiger partial charge in [-0.15, -0.1) is 0 Å². The molecular formula is C38H52BBrN10O6. The van der Waals surface area contributed by atoms with Crippen molar-refractivity contribution in [2.75, 3.05) is 14.2 Å². The molecule has 0 aliphatic heterocycles. The number of nitrogens with zero attached hydrogens (tertiary/aromatic N) is 10. The van der Waals surface area contributed by atoms with E-state index in [4.69, 9.17) is 24.2 Å². The summed E-state index contributed by atoms with van der Waals surface area (Å²) in [5, 5.41) is 40.6. The van der Waals surface area contributed by atoms with E-state index in [0.29, 0.717) is 35.1 Å². The molecule has 0 saturated heterocycles. The molecule has 0 unspecified atom stereocenters. The first-order valence-corrected chi connectivity index (χ1v) is 15.6. The van der Waals surface area contributed by atoms with Gasteiger partial charge >= 0.3 is 7.12 Å². The molecule has 18 heteroatoms. The Balaban J connectivity index is 0.000000810. The van der Waals surface area contributed by atoms with E-state index in [9.17, 15) is 0 Å². The number of ether oxygens (including phenoxy) is 2. The van der Waals surface area contributed by atoms with Crippen molar-refractivity contribution in [1.29, 1.82) is 0 Å². The van der Waals surface area contributed by atoms with Gasteiger partial charge in [0.25, 0.3) is 0 Å². The van der Waals surface area contributed by atoms with Crippen molar-refractivity contribution < 1.29 is 28.8 Å². The van der Waals surface area contributed by atoms with E-state index in [1.165, 1.54) is 18.7 Å². The average molecular weight is 836 g/mol. The monoisotopic (exact) mass is 834 g/mol. The number of fused-ring (bicyclic) bond motifs is 2. The highest BCUT2D eigenvalue weighted by Gasteiger charge is 2.13. The van der Waals surface area contributed by atoms with Gasteiger partial charge < -0.3 is 19.5 Å². The highest BCUT2D eigenvalue weighted by atomic mass is 79.9. The average Bonchev–Trinajstić information content (AvgIpc) is 3.97. The molecule has 0 aliphatic rings. The van der Waals surface area contributed by atoms with Crippen molar-refractivity contribution in [3.63, 3.8) is 0 Å². The fraction of sp³-hybridized carbons (Fsp3) is 0.263. The third-order valence-electron chi connectivity index (χ3n) is 7.24. The first kappa shape index (κ1) is 50.0. The van der Waals surface area contributed by atoms with Gasteiger partial charge in [0.05, 0.1) is 31.8 Å². The van der Waals surface area contributed by atoms with Crippen LogP contribution in [0.2, 0.25) is 0 Å². The SMILES string of the molecule is C.C.C.C.C.C.COc1ccc(Cn2cncn2)cc1-c1ccc2nonc2c1.COc1ccc(Cn2cncn2)cc1Br.OB(O)c1ccc2nonc2c1. The summed E-state index contributed by atoms with van der Waals surface area (Å²) in [6.45, 7) is 1.35. The van der Waals surface area contributed by atoms with Crippen molar-refractivity contribution in [3.05, 3.63) is 114 Å². The summed E-state index contributed by atoms with van der Waals surface area (Å²) in [5.41, 5.74) is 7.15. The lowest BCUT2D eigenvalue weighted by Gasteiger charge is -2.11. The predicted molar refractivity (Wildman–Crippen MR) is 225 cm³/mol. The number of benzene rings is 4. The largest absolute Gasteiger partial charge is 0.496 e.